The third-order valence-corrected chi connectivity index (χ3v) is 4.20. The Kier molecular flexibility index (Phi) is 3.79. The van der Waals surface area contributed by atoms with Gasteiger partial charge >= 0.3 is 0 Å². The maximum absolute atomic E-state index is 10.3. The van der Waals surface area contributed by atoms with Crippen LogP contribution in [-0.2, 0) is 6.42 Å². The highest BCUT2D eigenvalue weighted by Crippen LogP contribution is 2.33. The zero-order valence-corrected chi connectivity index (χ0v) is 12.0. The topological polar surface area (TPSA) is 32.3 Å². The van der Waals surface area contributed by atoms with E-state index < -0.39 is 5.60 Å². The monoisotopic (exact) mass is 297 g/mol. The van der Waals surface area contributed by atoms with E-state index >= 15 is 0 Å². The summed E-state index contributed by atoms with van der Waals surface area (Å²) in [5, 5.41) is 13.8. The van der Waals surface area contributed by atoms with E-state index in [-0.39, 0.29) is 6.04 Å². The van der Waals surface area contributed by atoms with Crippen LogP contribution in [0.3, 0.4) is 0 Å². The van der Waals surface area contributed by atoms with E-state index in [1.165, 1.54) is 5.56 Å². The SMILES string of the molecule is CCc1cc(Br)ccc1NC1CCCC1(C)O. The molecule has 0 bridgehead atoms. The molecule has 0 aliphatic heterocycles. The van der Waals surface area contributed by atoms with Crippen molar-refractivity contribution < 1.29 is 5.11 Å². The molecule has 3 heteroatoms. The van der Waals surface area contributed by atoms with Crippen molar-refractivity contribution in [2.45, 2.75) is 51.2 Å². The number of hydrogen-bond donors (Lipinski definition) is 2. The Hall–Kier alpha value is -0.540. The molecular formula is C14H20BrNO. The second-order valence-corrected chi connectivity index (χ2v) is 6.02. The van der Waals surface area contributed by atoms with E-state index in [2.05, 4.69) is 40.3 Å². The Balaban J connectivity index is 2.18. The third kappa shape index (κ3) is 2.83. The standard InChI is InChI=1S/C14H20BrNO/c1-3-10-9-11(15)6-7-12(10)16-13-5-4-8-14(13,2)17/h6-7,9,13,16-17H,3-5,8H2,1-2H3. The lowest BCUT2D eigenvalue weighted by Gasteiger charge is -2.28. The molecule has 0 amide bonds. The van der Waals surface area contributed by atoms with Gasteiger partial charge in [-0.05, 0) is 56.4 Å². The van der Waals surface area contributed by atoms with Gasteiger partial charge in [0, 0.05) is 10.2 Å². The van der Waals surface area contributed by atoms with Gasteiger partial charge in [-0.3, -0.25) is 0 Å². The second kappa shape index (κ2) is 4.99. The first kappa shape index (κ1) is 12.9. The molecule has 1 aliphatic rings. The molecule has 94 valence electrons. The molecule has 0 spiro atoms. The Morgan fingerprint density at radius 2 is 2.29 bits per heavy atom. The first-order valence-corrected chi connectivity index (χ1v) is 7.09. The van der Waals surface area contributed by atoms with E-state index in [1.807, 2.05) is 13.0 Å². The number of rotatable bonds is 3. The van der Waals surface area contributed by atoms with Crippen LogP contribution >= 0.6 is 15.9 Å². The van der Waals surface area contributed by atoms with Gasteiger partial charge in [0.25, 0.3) is 0 Å². The minimum atomic E-state index is -0.571. The van der Waals surface area contributed by atoms with Crippen LogP contribution in [0.4, 0.5) is 5.69 Å². The molecule has 1 aromatic rings. The fourth-order valence-corrected chi connectivity index (χ4v) is 2.97. The summed E-state index contributed by atoms with van der Waals surface area (Å²) in [5.41, 5.74) is 1.88. The minimum Gasteiger partial charge on any atom is -0.388 e. The molecule has 17 heavy (non-hydrogen) atoms. The van der Waals surface area contributed by atoms with E-state index in [0.717, 1.165) is 35.8 Å². The average Bonchev–Trinajstić information content (AvgIpc) is 2.61. The smallest absolute Gasteiger partial charge is 0.0819 e. The van der Waals surface area contributed by atoms with Gasteiger partial charge in [-0.15, -0.1) is 0 Å². The van der Waals surface area contributed by atoms with E-state index in [4.69, 9.17) is 0 Å². The van der Waals surface area contributed by atoms with Crippen molar-refractivity contribution >= 4 is 21.6 Å². The zero-order chi connectivity index (χ0) is 12.5. The highest BCUT2D eigenvalue weighted by molar-refractivity contribution is 9.10. The Bertz CT molecular complexity index is 403. The Morgan fingerprint density at radius 3 is 2.88 bits per heavy atom. The Morgan fingerprint density at radius 1 is 1.53 bits per heavy atom. The highest BCUT2D eigenvalue weighted by Gasteiger charge is 2.36. The number of aryl methyl sites for hydroxylation is 1. The van der Waals surface area contributed by atoms with Gasteiger partial charge in [0.1, 0.15) is 0 Å². The number of benzene rings is 1. The van der Waals surface area contributed by atoms with Gasteiger partial charge in [0.15, 0.2) is 0 Å². The van der Waals surface area contributed by atoms with Crippen LogP contribution in [-0.4, -0.2) is 16.7 Å². The molecule has 1 fully saturated rings. The van der Waals surface area contributed by atoms with Gasteiger partial charge in [-0.2, -0.15) is 0 Å². The van der Waals surface area contributed by atoms with Gasteiger partial charge in [-0.1, -0.05) is 22.9 Å². The lowest BCUT2D eigenvalue weighted by Crippen LogP contribution is -2.39. The maximum atomic E-state index is 10.3. The number of hydrogen-bond acceptors (Lipinski definition) is 2. The lowest BCUT2D eigenvalue weighted by atomic mass is 9.99. The highest BCUT2D eigenvalue weighted by atomic mass is 79.9. The zero-order valence-electron chi connectivity index (χ0n) is 10.5. The van der Waals surface area contributed by atoms with Crippen molar-refractivity contribution in [3.63, 3.8) is 0 Å². The molecular weight excluding hydrogens is 278 g/mol. The van der Waals surface area contributed by atoms with Crippen molar-refractivity contribution in [3.8, 4) is 0 Å². The van der Waals surface area contributed by atoms with E-state index in [9.17, 15) is 5.11 Å². The molecule has 2 atom stereocenters. The van der Waals surface area contributed by atoms with Crippen LogP contribution in [0.25, 0.3) is 0 Å². The molecule has 0 radical (unpaired) electrons. The normalized spacial score (nSPS) is 28.4. The summed E-state index contributed by atoms with van der Waals surface area (Å²) in [6, 6.07) is 6.46. The predicted octanol–water partition coefficient (Wildman–Crippen LogP) is 3.73. The van der Waals surface area contributed by atoms with Crippen molar-refractivity contribution in [1.82, 2.24) is 0 Å². The molecule has 0 saturated heterocycles. The summed E-state index contributed by atoms with van der Waals surface area (Å²) in [5.74, 6) is 0. The summed E-state index contributed by atoms with van der Waals surface area (Å²) in [6.45, 7) is 4.09. The predicted molar refractivity (Wildman–Crippen MR) is 75.4 cm³/mol. The van der Waals surface area contributed by atoms with Crippen molar-refractivity contribution in [3.05, 3.63) is 28.2 Å². The molecule has 2 nitrogen and oxygen atoms in total. The molecule has 0 heterocycles. The largest absolute Gasteiger partial charge is 0.388 e. The van der Waals surface area contributed by atoms with Crippen molar-refractivity contribution in [1.29, 1.82) is 0 Å². The van der Waals surface area contributed by atoms with Crippen molar-refractivity contribution in [2.24, 2.45) is 0 Å². The summed E-state index contributed by atoms with van der Waals surface area (Å²) >= 11 is 3.50. The third-order valence-electron chi connectivity index (χ3n) is 3.70. The van der Waals surface area contributed by atoms with Crippen LogP contribution in [0.2, 0.25) is 0 Å². The van der Waals surface area contributed by atoms with Crippen LogP contribution in [0.1, 0.15) is 38.7 Å². The molecule has 2 N–H and O–H groups in total. The van der Waals surface area contributed by atoms with Crippen molar-refractivity contribution in [2.75, 3.05) is 5.32 Å². The fourth-order valence-electron chi connectivity index (χ4n) is 2.56. The molecule has 0 aromatic heterocycles. The molecule has 2 rings (SSSR count). The number of aliphatic hydroxyl groups is 1. The molecule has 1 aromatic carbocycles. The molecule has 2 unspecified atom stereocenters. The summed E-state index contributed by atoms with van der Waals surface area (Å²) < 4.78 is 1.11. The van der Waals surface area contributed by atoms with Crippen LogP contribution in [0.15, 0.2) is 22.7 Å². The first-order chi connectivity index (χ1) is 8.03. The number of nitrogens with one attached hydrogen (secondary N) is 1. The van der Waals surface area contributed by atoms with Gasteiger partial charge in [-0.25, -0.2) is 0 Å². The van der Waals surface area contributed by atoms with Crippen LogP contribution in [0.5, 0.6) is 0 Å². The summed E-state index contributed by atoms with van der Waals surface area (Å²) in [7, 11) is 0. The van der Waals surface area contributed by atoms with E-state index in [0.29, 0.717) is 0 Å². The van der Waals surface area contributed by atoms with Gasteiger partial charge in [0.05, 0.1) is 11.6 Å². The summed E-state index contributed by atoms with van der Waals surface area (Å²) in [4.78, 5) is 0. The lowest BCUT2D eigenvalue weighted by molar-refractivity contribution is 0.0578. The Labute approximate surface area is 112 Å². The first-order valence-electron chi connectivity index (χ1n) is 6.30. The van der Waals surface area contributed by atoms with Crippen LogP contribution in [0, 0.1) is 0 Å². The van der Waals surface area contributed by atoms with Crippen LogP contribution < -0.4 is 5.32 Å². The number of halogens is 1. The second-order valence-electron chi connectivity index (χ2n) is 5.10. The average molecular weight is 298 g/mol. The van der Waals surface area contributed by atoms with Gasteiger partial charge < -0.3 is 10.4 Å². The molecule has 1 aliphatic carbocycles. The minimum absolute atomic E-state index is 0.175. The van der Waals surface area contributed by atoms with E-state index in [1.54, 1.807) is 0 Å². The van der Waals surface area contributed by atoms with Gasteiger partial charge in [0.2, 0.25) is 0 Å². The maximum Gasteiger partial charge on any atom is 0.0819 e. The summed E-state index contributed by atoms with van der Waals surface area (Å²) in [6.07, 6.45) is 4.04. The fraction of sp³-hybridized carbons (Fsp3) is 0.571. The quantitative estimate of drug-likeness (QED) is 0.891. The molecule has 1 saturated carbocycles. The number of anilines is 1.